The van der Waals surface area contributed by atoms with Crippen LogP contribution in [-0.2, 0) is 26.3 Å². The number of esters is 2. The highest BCUT2D eigenvalue weighted by molar-refractivity contribution is 5.93. The van der Waals surface area contributed by atoms with Crippen LogP contribution in [0.3, 0.4) is 0 Å². The van der Waals surface area contributed by atoms with Gasteiger partial charge in [-0.3, -0.25) is 9.59 Å². The van der Waals surface area contributed by atoms with Crippen molar-refractivity contribution in [1.82, 2.24) is 15.3 Å². The molecule has 1 amide bonds. The van der Waals surface area contributed by atoms with Crippen LogP contribution in [0.2, 0.25) is 0 Å². The maximum atomic E-state index is 13.4. The maximum Gasteiger partial charge on any atom is 0.367 e. The fourth-order valence-corrected chi connectivity index (χ4v) is 6.93. The monoisotopic (exact) mass is 712 g/mol. The molecule has 5 rings (SSSR count). The van der Waals surface area contributed by atoms with Gasteiger partial charge in [0.05, 0.1) is 37.9 Å². The maximum absolute atomic E-state index is 13.4. The van der Waals surface area contributed by atoms with Gasteiger partial charge in [-0.15, -0.1) is 0 Å². The summed E-state index contributed by atoms with van der Waals surface area (Å²) < 4.78 is 12.7. The molecule has 2 aliphatic rings. The highest BCUT2D eigenvalue weighted by Gasteiger charge is 2.40. The third kappa shape index (κ3) is 9.11. The van der Waals surface area contributed by atoms with E-state index in [0.29, 0.717) is 45.6 Å². The van der Waals surface area contributed by atoms with Crippen molar-refractivity contribution in [2.45, 2.75) is 70.8 Å². The number of ether oxygens (including phenoxy) is 2. The van der Waals surface area contributed by atoms with Gasteiger partial charge in [0, 0.05) is 17.9 Å². The third-order valence-corrected chi connectivity index (χ3v) is 9.15. The van der Waals surface area contributed by atoms with Gasteiger partial charge in [0.2, 0.25) is 6.41 Å². The number of nitrogens with zero attached hydrogens (tertiary/aromatic N) is 2. The highest BCUT2D eigenvalue weighted by Crippen LogP contribution is 2.48. The normalized spacial score (nSPS) is 20.4. The minimum atomic E-state index is -0.573. The lowest BCUT2D eigenvalue weighted by Gasteiger charge is -2.33. The van der Waals surface area contributed by atoms with Gasteiger partial charge in [-0.25, -0.2) is 9.78 Å². The number of H-pyrrole nitrogens is 1. The minimum absolute atomic E-state index is 0. The summed E-state index contributed by atoms with van der Waals surface area (Å²) in [4.78, 5) is 46.1. The van der Waals surface area contributed by atoms with E-state index in [-0.39, 0.29) is 61.6 Å². The molecule has 2 aromatic carbocycles. The van der Waals surface area contributed by atoms with E-state index in [1.807, 2.05) is 58.4 Å². The summed E-state index contributed by atoms with van der Waals surface area (Å²) in [5, 5.41) is 6.44. The van der Waals surface area contributed by atoms with Crippen LogP contribution in [0.25, 0.3) is 11.0 Å². The number of hydrogen-bond donors (Lipinski definition) is 3. The summed E-state index contributed by atoms with van der Waals surface area (Å²) in [6.07, 6.45) is 7.13. The van der Waals surface area contributed by atoms with Crippen molar-refractivity contribution in [1.29, 1.82) is 0 Å². The summed E-state index contributed by atoms with van der Waals surface area (Å²) in [5.41, 5.74) is 5.33. The van der Waals surface area contributed by atoms with E-state index in [1.165, 1.54) is 5.57 Å². The molecule has 3 aromatic rings. The molecule has 1 aliphatic heterocycles. The lowest BCUT2D eigenvalue weighted by molar-refractivity contribution is -0.862. The molecule has 0 bridgehead atoms. The quantitative estimate of drug-likeness (QED) is 0.0789. The number of quaternary nitrogens is 1. The number of fused-ring (bicyclic) bond motifs is 1. The van der Waals surface area contributed by atoms with Gasteiger partial charge in [-0.1, -0.05) is 36.8 Å². The molecule has 1 aromatic heterocycles. The molecule has 0 saturated carbocycles. The van der Waals surface area contributed by atoms with Crippen molar-refractivity contribution in [3.8, 4) is 11.5 Å². The van der Waals surface area contributed by atoms with E-state index >= 15 is 0 Å². The second-order valence-corrected chi connectivity index (χ2v) is 14.1. The molecule has 10 nitrogen and oxygen atoms in total. The predicted octanol–water partition coefficient (Wildman–Crippen LogP) is -0.0964. The van der Waals surface area contributed by atoms with Crippen LogP contribution in [0.4, 0.5) is 5.69 Å². The van der Waals surface area contributed by atoms with Crippen molar-refractivity contribution in [2.24, 2.45) is 5.92 Å². The Balaban J connectivity index is 0.00000325. The fraction of sp³-hybridized carbons (Fsp3) is 0.459. The van der Waals surface area contributed by atoms with E-state index < -0.39 is 5.54 Å². The smallest absolute Gasteiger partial charge is 0.367 e. The molecule has 0 radical (unpaired) electrons. The number of para-hydroxylation sites is 1. The predicted molar refractivity (Wildman–Crippen MR) is 183 cm³/mol. The Kier molecular flexibility index (Phi) is 13.2. The Bertz CT molecular complexity index is 1720. The fourth-order valence-electron chi connectivity index (χ4n) is 6.93. The number of allylic oxidation sites excluding steroid dienone is 3. The summed E-state index contributed by atoms with van der Waals surface area (Å²) in [5.74, 6) is 0.728. The van der Waals surface area contributed by atoms with Crippen molar-refractivity contribution < 1.29 is 53.2 Å². The van der Waals surface area contributed by atoms with Crippen LogP contribution in [0.1, 0.15) is 75.7 Å². The number of likely N-dealkylation sites (N-methyl/N-ethyl adjacent to an activating group) is 1. The molecule has 2 heterocycles. The van der Waals surface area contributed by atoms with E-state index in [4.69, 9.17) is 14.5 Å². The van der Waals surface area contributed by atoms with Gasteiger partial charge in [-0.05, 0) is 88.2 Å². The first-order chi connectivity index (χ1) is 22.3. The number of rotatable bonds is 12. The Hall–Kier alpha value is -3.70. The van der Waals surface area contributed by atoms with Crippen LogP contribution in [0.15, 0.2) is 54.1 Å². The number of anilines is 1. The molecular weight excluding hydrogens is 665 g/mol. The van der Waals surface area contributed by atoms with Crippen molar-refractivity contribution >= 4 is 35.1 Å². The lowest BCUT2D eigenvalue weighted by Crippen LogP contribution is -3.00. The minimum Gasteiger partial charge on any atom is -1.00 e. The van der Waals surface area contributed by atoms with Gasteiger partial charge >= 0.3 is 11.9 Å². The molecule has 266 valence electrons. The first-order valence-corrected chi connectivity index (χ1v) is 16.5. The zero-order chi connectivity index (χ0) is 33.9. The van der Waals surface area contributed by atoms with Gasteiger partial charge < -0.3 is 54.4 Å². The number of aromatic amines is 1. The number of imidazole rings is 1. The van der Waals surface area contributed by atoms with Crippen molar-refractivity contribution in [3.05, 3.63) is 71.1 Å². The molecule has 3 atom stereocenters. The molecule has 0 spiro atoms. The Morgan fingerprint density at radius 3 is 2.43 bits per heavy atom. The number of aromatic nitrogens is 2. The van der Waals surface area contributed by atoms with E-state index in [9.17, 15) is 14.4 Å². The second kappa shape index (κ2) is 16.3. The first kappa shape index (κ1) is 39.7. The number of hydrogen-bond acceptors (Lipinski definition) is 7. The zero-order valence-corrected chi connectivity index (χ0v) is 30.8. The number of nitrogens with one attached hydrogen (secondary N) is 3. The molecule has 12 heteroatoms. The van der Waals surface area contributed by atoms with Crippen LogP contribution < -0.4 is 44.9 Å². The number of amides is 1. The van der Waals surface area contributed by atoms with Crippen LogP contribution in [0, 0.1) is 5.92 Å². The van der Waals surface area contributed by atoms with Crippen LogP contribution in [0.5, 0.6) is 11.5 Å². The molecule has 1 unspecified atom stereocenters. The van der Waals surface area contributed by atoms with Gasteiger partial charge in [0.25, 0.3) is 0 Å². The van der Waals surface area contributed by atoms with Crippen molar-refractivity contribution in [3.63, 3.8) is 0 Å². The molecule has 1 saturated heterocycles. The summed E-state index contributed by atoms with van der Waals surface area (Å²) in [6, 6.07) is 9.49. The molecule has 49 heavy (non-hydrogen) atoms. The van der Waals surface area contributed by atoms with Gasteiger partial charge in [0.1, 0.15) is 22.8 Å². The number of benzene rings is 2. The average Bonchev–Trinajstić information content (AvgIpc) is 3.65. The zero-order valence-electron chi connectivity index (χ0n) is 29.3. The molecule has 3 N–H and O–H groups in total. The summed E-state index contributed by atoms with van der Waals surface area (Å²) in [6.45, 7) is 11.2. The highest BCUT2D eigenvalue weighted by atomic mass is 35.5. The molecule has 1 fully saturated rings. The molecular formula is C37H48Cl2N5O5-. The van der Waals surface area contributed by atoms with Gasteiger partial charge in [-0.2, -0.15) is 0 Å². The number of carbonyl (C=O) groups excluding carboxylic acids is 3. The third-order valence-electron chi connectivity index (χ3n) is 9.15. The first-order valence-electron chi connectivity index (χ1n) is 16.5. The average molecular weight is 714 g/mol. The van der Waals surface area contributed by atoms with E-state index in [0.717, 1.165) is 54.7 Å². The largest absolute Gasteiger partial charge is 1.00 e. The lowest BCUT2D eigenvalue weighted by atomic mass is 9.73. The second-order valence-electron chi connectivity index (χ2n) is 14.1. The summed E-state index contributed by atoms with van der Waals surface area (Å²) in [7, 11) is 5.82. The van der Waals surface area contributed by atoms with Crippen LogP contribution >= 0.6 is 0 Å². The molecule has 1 aliphatic carbocycles. The van der Waals surface area contributed by atoms with E-state index in [2.05, 4.69) is 35.2 Å². The Labute approximate surface area is 301 Å². The Morgan fingerprint density at radius 1 is 1.14 bits per heavy atom. The van der Waals surface area contributed by atoms with Gasteiger partial charge in [0.15, 0.2) is 6.54 Å². The topological polar surface area (TPSA) is 122 Å². The van der Waals surface area contributed by atoms with E-state index in [1.54, 1.807) is 6.92 Å². The van der Waals surface area contributed by atoms with Crippen LogP contribution in [-0.4, -0.2) is 67.0 Å². The SMILES string of the molecule is C=C(C)[C@H]1CCC(C)=CC1c1c(OC(=O)CC)cc(C[C@]2(c3nc4c(NC=O)cccc4[nH]3)CCCN2)cc1OC(=O)C[N+](C)(C)C.[Cl-].[Cl-]. The number of halogens is 2. The van der Waals surface area contributed by atoms with Crippen molar-refractivity contribution in [2.75, 3.05) is 39.5 Å². The summed E-state index contributed by atoms with van der Waals surface area (Å²) >= 11 is 0. The Morgan fingerprint density at radius 2 is 1.84 bits per heavy atom. The number of carbonyl (C=O) groups is 3. The standard InChI is InChI=1S/C37H47N5O5.2ClH/c1-8-32(44)46-30-18-25(20-37(15-10-16-39-37)36-40-29-12-9-11-28(38-22-43)35(29)41-36)19-31(47-33(45)21-42(5,6)7)34(30)27-17-24(4)13-14-26(27)23(2)3;;/h9,11-12,17-19,22,26-27,39H,2,8,10,13-16,20-21H2,1,3-7H3,(H-,38,40,41,43);2*1H/p-1/t26-,27?,37+;;/m1../s1.